The zero-order valence-corrected chi connectivity index (χ0v) is 14.8. The number of hydrogen-bond acceptors (Lipinski definition) is 4. The van der Waals surface area contributed by atoms with Crippen LogP contribution >= 0.6 is 11.8 Å². The number of rotatable bonds is 1. The third-order valence-corrected chi connectivity index (χ3v) is 6.42. The van der Waals surface area contributed by atoms with Gasteiger partial charge in [-0.05, 0) is 25.7 Å². The molecule has 0 bridgehead atoms. The van der Waals surface area contributed by atoms with Gasteiger partial charge in [0.25, 0.3) is 0 Å². The third kappa shape index (κ3) is 4.72. The number of ether oxygens (including phenoxy) is 1. The minimum absolute atomic E-state index is 0.127. The predicted octanol–water partition coefficient (Wildman–Crippen LogP) is 3.89. The van der Waals surface area contributed by atoms with Gasteiger partial charge in [-0.15, -0.1) is 0 Å². The summed E-state index contributed by atoms with van der Waals surface area (Å²) in [4.78, 5) is 15.9. The van der Waals surface area contributed by atoms with E-state index >= 15 is 0 Å². The zero-order valence-electron chi connectivity index (χ0n) is 14.0. The van der Waals surface area contributed by atoms with Crippen molar-refractivity contribution in [1.29, 1.82) is 0 Å². The second-order valence-corrected chi connectivity index (χ2v) is 7.86. The Morgan fingerprint density at radius 1 is 1.09 bits per heavy atom. The Morgan fingerprint density at radius 2 is 1.59 bits per heavy atom. The molecule has 2 aliphatic carbocycles. The molecular weight excluding hydrogens is 296 g/mol. The van der Waals surface area contributed by atoms with Crippen LogP contribution in [-0.4, -0.2) is 36.1 Å². The number of nitrogens with one attached hydrogen (secondary N) is 1. The number of nitrogens with zero attached hydrogens (tertiary/aromatic N) is 1. The monoisotopic (exact) mass is 326 g/mol. The topological polar surface area (TPSA) is 50.7 Å². The van der Waals surface area contributed by atoms with Crippen LogP contribution in [0.3, 0.4) is 0 Å². The molecule has 1 amide bonds. The number of methoxy groups -OCH3 is 1. The Kier molecular flexibility index (Phi) is 7.22. The molecule has 0 atom stereocenters. The van der Waals surface area contributed by atoms with E-state index in [0.717, 1.165) is 30.9 Å². The minimum atomic E-state index is -0.260. The quantitative estimate of drug-likeness (QED) is 0.744. The molecule has 4 nitrogen and oxygen atoms in total. The zero-order chi connectivity index (χ0) is 15.8. The highest BCUT2D eigenvalue weighted by molar-refractivity contribution is 8.16. The summed E-state index contributed by atoms with van der Waals surface area (Å²) >= 11 is 1.59. The molecule has 2 saturated carbocycles. The molecule has 0 aromatic rings. The molecule has 1 N–H and O–H groups in total. The average Bonchev–Trinajstić information content (AvgIpc) is 2.77. The summed E-state index contributed by atoms with van der Waals surface area (Å²) in [7, 11) is 3.45. The Morgan fingerprint density at radius 3 is 1.95 bits per heavy atom. The molecule has 1 spiro atoms. The normalized spacial score (nSPS) is 34.0. The lowest BCUT2D eigenvalue weighted by Crippen LogP contribution is -2.41. The summed E-state index contributed by atoms with van der Waals surface area (Å²) in [6, 6.07) is 0. The molecule has 0 radical (unpaired) electrons. The van der Waals surface area contributed by atoms with Gasteiger partial charge in [0.2, 0.25) is 5.91 Å². The SMILES string of the molecule is C1CCCCCC1.CN=C1NC(=O)C2(CCC(OC)CC2)S1. The molecule has 126 valence electrons. The lowest BCUT2D eigenvalue weighted by atomic mass is 9.86. The molecule has 3 aliphatic rings. The molecule has 3 rings (SSSR count). The number of aliphatic imine (C=N–C) groups is 1. The van der Waals surface area contributed by atoms with Crippen molar-refractivity contribution in [3.8, 4) is 0 Å². The van der Waals surface area contributed by atoms with E-state index in [0.29, 0.717) is 6.10 Å². The van der Waals surface area contributed by atoms with Crippen molar-refractivity contribution in [2.24, 2.45) is 4.99 Å². The lowest BCUT2D eigenvalue weighted by molar-refractivity contribution is -0.123. The van der Waals surface area contributed by atoms with Crippen LogP contribution in [0.15, 0.2) is 4.99 Å². The van der Waals surface area contributed by atoms with Crippen molar-refractivity contribution in [2.75, 3.05) is 14.2 Å². The first-order valence-electron chi connectivity index (χ1n) is 8.70. The largest absolute Gasteiger partial charge is 0.381 e. The first kappa shape index (κ1) is 17.8. The Balaban J connectivity index is 0.000000211. The van der Waals surface area contributed by atoms with Gasteiger partial charge in [0.05, 0.1) is 6.10 Å². The molecule has 0 aromatic carbocycles. The Bertz CT molecular complexity index is 370. The summed E-state index contributed by atoms with van der Waals surface area (Å²) in [6.45, 7) is 0. The molecule has 1 saturated heterocycles. The molecule has 22 heavy (non-hydrogen) atoms. The maximum absolute atomic E-state index is 11.9. The molecule has 0 unspecified atom stereocenters. The Labute approximate surface area is 138 Å². The molecule has 5 heteroatoms. The third-order valence-electron chi connectivity index (χ3n) is 4.95. The maximum atomic E-state index is 11.9. The summed E-state index contributed by atoms with van der Waals surface area (Å²) in [5, 5.41) is 3.59. The molecule has 1 aliphatic heterocycles. The van der Waals surface area contributed by atoms with Gasteiger partial charge in [0.1, 0.15) is 4.75 Å². The van der Waals surface area contributed by atoms with Crippen LogP contribution in [0.2, 0.25) is 0 Å². The highest BCUT2D eigenvalue weighted by Gasteiger charge is 2.48. The fraction of sp³-hybridized carbons (Fsp3) is 0.882. The fourth-order valence-electron chi connectivity index (χ4n) is 3.43. The van der Waals surface area contributed by atoms with Crippen molar-refractivity contribution >= 4 is 22.8 Å². The van der Waals surface area contributed by atoms with Crippen LogP contribution < -0.4 is 5.32 Å². The smallest absolute Gasteiger partial charge is 0.242 e. The van der Waals surface area contributed by atoms with Gasteiger partial charge < -0.3 is 10.1 Å². The van der Waals surface area contributed by atoms with Gasteiger partial charge in [0.15, 0.2) is 5.17 Å². The first-order valence-corrected chi connectivity index (χ1v) is 9.52. The van der Waals surface area contributed by atoms with Crippen LogP contribution in [0.1, 0.15) is 70.6 Å². The molecular formula is C17H30N2O2S. The second kappa shape index (κ2) is 8.92. The minimum Gasteiger partial charge on any atom is -0.381 e. The predicted molar refractivity (Wildman–Crippen MR) is 93.4 cm³/mol. The number of amidine groups is 1. The van der Waals surface area contributed by atoms with E-state index in [4.69, 9.17) is 4.74 Å². The van der Waals surface area contributed by atoms with Crippen molar-refractivity contribution < 1.29 is 9.53 Å². The van der Waals surface area contributed by atoms with Gasteiger partial charge in [-0.1, -0.05) is 56.7 Å². The van der Waals surface area contributed by atoms with Crippen LogP contribution in [0, 0.1) is 0 Å². The van der Waals surface area contributed by atoms with Gasteiger partial charge in [-0.3, -0.25) is 9.79 Å². The number of carbonyl (C=O) groups is 1. The van der Waals surface area contributed by atoms with Gasteiger partial charge >= 0.3 is 0 Å². The first-order chi connectivity index (χ1) is 10.7. The maximum Gasteiger partial charge on any atom is 0.242 e. The van der Waals surface area contributed by atoms with E-state index in [1.54, 1.807) is 25.9 Å². The summed E-state index contributed by atoms with van der Waals surface area (Å²) in [5.41, 5.74) is 0. The molecule has 3 fully saturated rings. The standard InChI is InChI=1S/C10H16N2O2S.C7H14/c1-11-9-12-8(13)10(15-9)5-3-7(14-2)4-6-10;1-2-4-6-7-5-3-1/h7H,3-6H2,1-2H3,(H,11,12,13);1-7H2. The molecule has 0 aromatic heterocycles. The molecule has 1 heterocycles. The van der Waals surface area contributed by atoms with Crippen molar-refractivity contribution in [3.63, 3.8) is 0 Å². The van der Waals surface area contributed by atoms with E-state index in [1.807, 2.05) is 0 Å². The van der Waals surface area contributed by atoms with Crippen LogP contribution in [-0.2, 0) is 9.53 Å². The van der Waals surface area contributed by atoms with Gasteiger partial charge in [-0.25, -0.2) is 0 Å². The lowest BCUT2D eigenvalue weighted by Gasteiger charge is -2.32. The van der Waals surface area contributed by atoms with E-state index in [-0.39, 0.29) is 10.7 Å². The fourth-order valence-corrected chi connectivity index (χ4v) is 4.62. The van der Waals surface area contributed by atoms with Crippen LogP contribution in [0.4, 0.5) is 0 Å². The number of amides is 1. The van der Waals surface area contributed by atoms with Crippen LogP contribution in [0.5, 0.6) is 0 Å². The van der Waals surface area contributed by atoms with E-state index in [9.17, 15) is 4.79 Å². The van der Waals surface area contributed by atoms with E-state index < -0.39 is 0 Å². The number of hydrogen-bond donors (Lipinski definition) is 1. The van der Waals surface area contributed by atoms with Crippen molar-refractivity contribution in [3.05, 3.63) is 0 Å². The van der Waals surface area contributed by atoms with E-state index in [2.05, 4.69) is 10.3 Å². The van der Waals surface area contributed by atoms with Crippen molar-refractivity contribution in [2.45, 2.75) is 81.5 Å². The van der Waals surface area contributed by atoms with Gasteiger partial charge in [-0.2, -0.15) is 0 Å². The highest BCUT2D eigenvalue weighted by atomic mass is 32.2. The average molecular weight is 327 g/mol. The van der Waals surface area contributed by atoms with E-state index in [1.165, 1.54) is 44.9 Å². The summed E-state index contributed by atoms with van der Waals surface area (Å²) in [5.74, 6) is 0.127. The van der Waals surface area contributed by atoms with Gasteiger partial charge in [0, 0.05) is 14.2 Å². The Hall–Kier alpha value is -0.550. The van der Waals surface area contributed by atoms with Crippen molar-refractivity contribution in [1.82, 2.24) is 5.32 Å². The summed E-state index contributed by atoms with van der Waals surface area (Å²) < 4.78 is 5.05. The number of carbonyl (C=O) groups excluding carboxylic acids is 1. The second-order valence-electron chi connectivity index (χ2n) is 6.49. The summed E-state index contributed by atoms with van der Waals surface area (Å²) in [6.07, 6.45) is 14.5. The number of thioether (sulfide) groups is 1. The van der Waals surface area contributed by atoms with Crippen LogP contribution in [0.25, 0.3) is 0 Å². The highest BCUT2D eigenvalue weighted by Crippen LogP contribution is 2.44.